The van der Waals surface area contributed by atoms with Crippen LogP contribution in [0, 0.1) is 0 Å². The van der Waals surface area contributed by atoms with E-state index in [0.717, 1.165) is 12.2 Å². The van der Waals surface area contributed by atoms with Gasteiger partial charge in [-0.2, -0.15) is 0 Å². The van der Waals surface area contributed by atoms with Crippen LogP contribution in [0.5, 0.6) is 5.75 Å². The van der Waals surface area contributed by atoms with Crippen LogP contribution in [-0.4, -0.2) is 0 Å². The molecule has 2 nitrogen and oxygen atoms in total. The van der Waals surface area contributed by atoms with E-state index in [9.17, 15) is 0 Å². The minimum atomic E-state index is 0. The fourth-order valence-electron chi connectivity index (χ4n) is 1.08. The van der Waals surface area contributed by atoms with Gasteiger partial charge in [0.15, 0.2) is 0 Å². The number of hydrogen-bond acceptors (Lipinski definition) is 1. The average Bonchev–Trinajstić information content (AvgIpc) is 2.05. The van der Waals surface area contributed by atoms with Gasteiger partial charge in [0.05, 0.1) is 6.26 Å². The number of benzene rings is 1. The van der Waals surface area contributed by atoms with Gasteiger partial charge >= 0.3 is 0 Å². The summed E-state index contributed by atoms with van der Waals surface area (Å²) in [7, 11) is 0. The van der Waals surface area contributed by atoms with E-state index in [4.69, 9.17) is 4.74 Å². The molecule has 3 heteroatoms. The zero-order valence-electron chi connectivity index (χ0n) is 6.47. The van der Waals surface area contributed by atoms with E-state index < -0.39 is 0 Å². The maximum absolute atomic E-state index is 5.24. The van der Waals surface area contributed by atoms with E-state index in [2.05, 4.69) is 6.07 Å². The molecular formula is C9H8NOTa. The Morgan fingerprint density at radius 1 is 1.17 bits per heavy atom. The Morgan fingerprint density at radius 3 is 2.67 bits per heavy atom. The number of ether oxygens (including phenoxy) is 1. The zero-order chi connectivity index (χ0) is 6.81. The normalized spacial score (nSPS) is 11.7. The van der Waals surface area contributed by atoms with Crippen molar-refractivity contribution in [1.29, 1.82) is 0 Å². The van der Waals surface area contributed by atoms with E-state index in [1.54, 1.807) is 6.26 Å². The summed E-state index contributed by atoms with van der Waals surface area (Å²) in [6, 6.07) is 8.08. The van der Waals surface area contributed by atoms with Gasteiger partial charge in [-0.05, 0) is 24.1 Å². The molecule has 0 fully saturated rings. The van der Waals surface area contributed by atoms with Crippen molar-refractivity contribution in [3.05, 3.63) is 42.2 Å². The summed E-state index contributed by atoms with van der Waals surface area (Å²) in [5, 5.41) is 0. The Hall–Kier alpha value is -0.540. The van der Waals surface area contributed by atoms with Crippen molar-refractivity contribution in [3.8, 4) is 5.75 Å². The summed E-state index contributed by atoms with van der Waals surface area (Å²) in [6.07, 6.45) is 4.75. The summed E-state index contributed by atoms with van der Waals surface area (Å²) >= 11 is 0. The summed E-state index contributed by atoms with van der Waals surface area (Å²) in [5.41, 5.74) is 1.27. The van der Waals surface area contributed by atoms with Crippen molar-refractivity contribution >= 4 is 0 Å². The number of hydrogen-bond donors (Lipinski definition) is 0. The first-order chi connectivity index (χ1) is 4.97. The van der Waals surface area contributed by atoms with Crippen LogP contribution in [0.15, 0.2) is 36.6 Å². The van der Waals surface area contributed by atoms with Crippen molar-refractivity contribution in [2.75, 3.05) is 0 Å². The maximum Gasteiger partial charge on any atom is 0.130 e. The fourth-order valence-corrected chi connectivity index (χ4v) is 1.08. The molecular weight excluding hydrogens is 319 g/mol. The van der Waals surface area contributed by atoms with Gasteiger partial charge in [0.2, 0.25) is 0 Å². The molecule has 1 aromatic rings. The van der Waals surface area contributed by atoms with Crippen LogP contribution in [-0.2, 0) is 28.8 Å². The first-order valence-electron chi connectivity index (χ1n) is 3.36. The summed E-state index contributed by atoms with van der Waals surface area (Å²) < 4.78 is 5.24. The van der Waals surface area contributed by atoms with E-state index in [1.807, 2.05) is 24.3 Å². The molecule has 1 heterocycles. The molecule has 0 N–H and O–H groups in total. The zero-order valence-corrected chi connectivity index (χ0v) is 9.69. The van der Waals surface area contributed by atoms with Crippen LogP contribution in [0.2, 0.25) is 0 Å². The van der Waals surface area contributed by atoms with Crippen LogP contribution >= 0.6 is 0 Å². The molecule has 0 saturated heterocycles. The molecule has 60 valence electrons. The van der Waals surface area contributed by atoms with Gasteiger partial charge in [-0.25, -0.2) is 0 Å². The molecule has 1 aliphatic heterocycles. The molecule has 0 spiro atoms. The van der Waals surface area contributed by atoms with Crippen LogP contribution < -0.4 is 10.9 Å². The van der Waals surface area contributed by atoms with Gasteiger partial charge in [-0.15, -0.1) is 0 Å². The van der Waals surface area contributed by atoms with E-state index in [-0.39, 0.29) is 28.5 Å². The summed E-state index contributed by atoms with van der Waals surface area (Å²) in [4.78, 5) is 0. The summed E-state index contributed by atoms with van der Waals surface area (Å²) in [6.45, 7) is 0. The second kappa shape index (κ2) is 5.17. The Morgan fingerprint density at radius 2 is 1.92 bits per heavy atom. The smallest absolute Gasteiger partial charge is 0.130 e. The molecule has 0 amide bonds. The standard InChI is InChI=1S/C9H8O.N.Ta/c1-2-6-9-8(4-1)5-3-7-10-9;;/h1-4,6-7H,5H2;;. The van der Waals surface area contributed by atoms with E-state index in [1.165, 1.54) is 5.56 Å². The van der Waals surface area contributed by atoms with Gasteiger partial charge in [0, 0.05) is 28.5 Å². The minimum Gasteiger partial charge on any atom is -0.465 e. The largest absolute Gasteiger partial charge is 0.465 e. The fraction of sp³-hybridized carbons (Fsp3) is 0.111. The predicted octanol–water partition coefficient (Wildman–Crippen LogP) is 1.65. The van der Waals surface area contributed by atoms with Crippen molar-refractivity contribution in [2.24, 2.45) is 0 Å². The number of allylic oxidation sites excluding steroid dienone is 1. The molecule has 4 radical (unpaired) electrons. The second-order valence-corrected chi connectivity index (χ2v) is 2.30. The Bertz CT molecular complexity index is 246. The molecule has 0 aromatic heterocycles. The van der Waals surface area contributed by atoms with Gasteiger partial charge in [0.1, 0.15) is 5.75 Å². The van der Waals surface area contributed by atoms with Crippen LogP contribution in [0.4, 0.5) is 0 Å². The van der Waals surface area contributed by atoms with Gasteiger partial charge in [0.25, 0.3) is 0 Å². The third kappa shape index (κ3) is 2.22. The van der Waals surface area contributed by atoms with Crippen molar-refractivity contribution in [2.45, 2.75) is 6.42 Å². The summed E-state index contributed by atoms with van der Waals surface area (Å²) in [5.74, 6) is 0.991. The third-order valence-corrected chi connectivity index (χ3v) is 1.60. The monoisotopic (exact) mass is 327 g/mol. The number of rotatable bonds is 0. The number of fused-ring (bicyclic) bond motifs is 1. The van der Waals surface area contributed by atoms with Crippen LogP contribution in [0.3, 0.4) is 0 Å². The SMILES string of the molecule is C1=COc2ccccc2C1.[N].[Ta]. The number of nitrogens with zero attached hydrogens (tertiary/aromatic N) is 1. The van der Waals surface area contributed by atoms with Gasteiger partial charge in [-0.3, -0.25) is 0 Å². The van der Waals surface area contributed by atoms with Gasteiger partial charge < -0.3 is 4.74 Å². The second-order valence-electron chi connectivity index (χ2n) is 2.30. The minimum absolute atomic E-state index is 0. The Kier molecular flexibility index (Phi) is 4.93. The Balaban J connectivity index is 0.000000605. The van der Waals surface area contributed by atoms with E-state index in [0.29, 0.717) is 0 Å². The molecule has 0 bridgehead atoms. The molecule has 0 atom stereocenters. The van der Waals surface area contributed by atoms with Gasteiger partial charge in [-0.1, -0.05) is 18.2 Å². The Labute approximate surface area is 87.7 Å². The van der Waals surface area contributed by atoms with Crippen molar-refractivity contribution in [3.63, 3.8) is 0 Å². The molecule has 0 aliphatic carbocycles. The first-order valence-corrected chi connectivity index (χ1v) is 3.36. The molecule has 1 aromatic carbocycles. The van der Waals surface area contributed by atoms with Crippen LogP contribution in [0.25, 0.3) is 0 Å². The maximum atomic E-state index is 5.24. The first kappa shape index (κ1) is 11.5. The van der Waals surface area contributed by atoms with Crippen molar-refractivity contribution in [1.82, 2.24) is 6.15 Å². The van der Waals surface area contributed by atoms with Crippen molar-refractivity contribution < 1.29 is 27.1 Å². The number of para-hydroxylation sites is 1. The topological polar surface area (TPSA) is 39.7 Å². The van der Waals surface area contributed by atoms with Crippen LogP contribution in [0.1, 0.15) is 5.56 Å². The van der Waals surface area contributed by atoms with E-state index >= 15 is 0 Å². The molecule has 1 aliphatic rings. The third-order valence-electron chi connectivity index (χ3n) is 1.60. The molecule has 0 saturated carbocycles. The quantitative estimate of drug-likeness (QED) is 0.714. The molecule has 12 heavy (non-hydrogen) atoms. The average molecular weight is 327 g/mol. The predicted molar refractivity (Wildman–Crippen MR) is 42.0 cm³/mol. The molecule has 2 rings (SSSR count). The molecule has 0 unspecified atom stereocenters.